The minimum atomic E-state index is -0.410. The molecule has 0 saturated heterocycles. The molecule has 0 N–H and O–H groups in total. The summed E-state index contributed by atoms with van der Waals surface area (Å²) >= 11 is 12.0. The third-order valence-corrected chi connectivity index (χ3v) is 4.87. The van der Waals surface area contributed by atoms with E-state index in [1.165, 1.54) is 75.3 Å². The fourth-order valence-corrected chi connectivity index (χ4v) is 3.37. The maximum absolute atomic E-state index is 6.01. The molecule has 0 heterocycles. The molecule has 1 rings (SSSR count). The number of unbranched alkanes of at least 4 members (excludes halogenated alkanes) is 9. The number of benzene rings is 1. The van der Waals surface area contributed by atoms with E-state index in [1.54, 1.807) is 0 Å². The molecule has 0 atom stereocenters. The zero-order valence-electron chi connectivity index (χ0n) is 14.3. The molecule has 126 valence electrons. The molecule has 2 heteroatoms. The minimum Gasteiger partial charge on any atom is -0.100 e. The van der Waals surface area contributed by atoms with Crippen LogP contribution in [-0.2, 0) is 6.42 Å². The van der Waals surface area contributed by atoms with E-state index in [0.29, 0.717) is 0 Å². The molecule has 0 nitrogen and oxygen atoms in total. The Kier molecular flexibility index (Phi) is 11.1. The van der Waals surface area contributed by atoms with Crippen molar-refractivity contribution in [1.29, 1.82) is 0 Å². The second kappa shape index (κ2) is 12.3. The summed E-state index contributed by atoms with van der Waals surface area (Å²) in [5.41, 5.74) is 3.61. The lowest BCUT2D eigenvalue weighted by Gasteiger charge is -2.09. The van der Waals surface area contributed by atoms with Gasteiger partial charge in [-0.2, -0.15) is 0 Å². The summed E-state index contributed by atoms with van der Waals surface area (Å²) in [5, 5.41) is 0. The van der Waals surface area contributed by atoms with Crippen LogP contribution in [0.3, 0.4) is 0 Å². The highest BCUT2D eigenvalue weighted by atomic mass is 35.5. The largest absolute Gasteiger partial charge is 0.133 e. The number of halogens is 2. The van der Waals surface area contributed by atoms with E-state index in [9.17, 15) is 0 Å². The van der Waals surface area contributed by atoms with Crippen molar-refractivity contribution in [3.05, 3.63) is 34.9 Å². The predicted octanol–water partition coefficient (Wildman–Crippen LogP) is 7.93. The fourth-order valence-electron chi connectivity index (χ4n) is 2.90. The van der Waals surface area contributed by atoms with Crippen LogP contribution >= 0.6 is 23.2 Å². The summed E-state index contributed by atoms with van der Waals surface area (Å²) in [6.07, 6.45) is 15.0. The smallest absolute Gasteiger partial charge is 0.100 e. The van der Waals surface area contributed by atoms with E-state index in [-0.39, 0.29) is 0 Å². The van der Waals surface area contributed by atoms with E-state index >= 15 is 0 Å². The summed E-state index contributed by atoms with van der Waals surface area (Å²) < 4.78 is 0. The molecule has 0 aromatic heterocycles. The van der Waals surface area contributed by atoms with Crippen molar-refractivity contribution in [3.8, 4) is 0 Å². The summed E-state index contributed by atoms with van der Waals surface area (Å²) in [5.74, 6) is 0. The Balaban J connectivity index is 2.09. The first-order valence-corrected chi connectivity index (χ1v) is 9.90. The van der Waals surface area contributed by atoms with Crippen molar-refractivity contribution < 1.29 is 0 Å². The molecule has 1 aromatic rings. The molecular formula is C20H32Cl2. The maximum atomic E-state index is 6.01. The maximum Gasteiger partial charge on any atom is 0.133 e. The van der Waals surface area contributed by atoms with Gasteiger partial charge in [-0.3, -0.25) is 0 Å². The molecule has 22 heavy (non-hydrogen) atoms. The fraction of sp³-hybridized carbons (Fsp3) is 0.700. The van der Waals surface area contributed by atoms with Gasteiger partial charge in [0.25, 0.3) is 0 Å². The molecule has 0 saturated carbocycles. The SMILES string of the molecule is CCCCCCCCCCCCc1ccc(C)c(C(Cl)Cl)c1. The van der Waals surface area contributed by atoms with Crippen molar-refractivity contribution in [3.63, 3.8) is 0 Å². The van der Waals surface area contributed by atoms with Crippen LogP contribution < -0.4 is 0 Å². The predicted molar refractivity (Wildman–Crippen MR) is 101 cm³/mol. The average Bonchev–Trinajstić information content (AvgIpc) is 2.50. The summed E-state index contributed by atoms with van der Waals surface area (Å²) in [6, 6.07) is 6.52. The van der Waals surface area contributed by atoms with Gasteiger partial charge < -0.3 is 0 Å². The molecule has 0 aliphatic rings. The van der Waals surface area contributed by atoms with Gasteiger partial charge in [-0.15, -0.1) is 23.2 Å². The first-order valence-electron chi connectivity index (χ1n) is 9.02. The summed E-state index contributed by atoms with van der Waals surface area (Å²) in [4.78, 5) is -0.410. The van der Waals surface area contributed by atoms with Gasteiger partial charge in [0, 0.05) is 0 Å². The van der Waals surface area contributed by atoms with E-state index < -0.39 is 4.84 Å². The van der Waals surface area contributed by atoms with E-state index in [1.807, 2.05) is 0 Å². The van der Waals surface area contributed by atoms with Gasteiger partial charge in [-0.1, -0.05) is 82.9 Å². The first-order chi connectivity index (χ1) is 10.6. The molecule has 0 spiro atoms. The number of aryl methyl sites for hydroxylation is 2. The Morgan fingerprint density at radius 1 is 0.818 bits per heavy atom. The standard InChI is InChI=1S/C20H32Cl2/c1-3-4-5-6-7-8-9-10-11-12-13-18-15-14-17(2)19(16-18)20(21)22/h14-16,20H,3-13H2,1-2H3. The van der Waals surface area contributed by atoms with Gasteiger partial charge in [0.2, 0.25) is 0 Å². The lowest BCUT2D eigenvalue weighted by atomic mass is 10.0. The number of hydrogen-bond acceptors (Lipinski definition) is 0. The Morgan fingerprint density at radius 2 is 1.36 bits per heavy atom. The second-order valence-electron chi connectivity index (χ2n) is 6.42. The van der Waals surface area contributed by atoms with Crippen LogP contribution in [0.15, 0.2) is 18.2 Å². The molecule has 0 aliphatic carbocycles. The average molecular weight is 343 g/mol. The van der Waals surface area contributed by atoms with Crippen LogP contribution in [0.1, 0.15) is 92.7 Å². The highest BCUT2D eigenvalue weighted by Crippen LogP contribution is 2.28. The number of rotatable bonds is 12. The Labute approximate surface area is 147 Å². The zero-order chi connectivity index (χ0) is 16.2. The van der Waals surface area contributed by atoms with Crippen LogP contribution in [0.5, 0.6) is 0 Å². The quantitative estimate of drug-likeness (QED) is 0.267. The van der Waals surface area contributed by atoms with Gasteiger partial charge in [0.05, 0.1) is 0 Å². The van der Waals surface area contributed by atoms with E-state index in [0.717, 1.165) is 12.0 Å². The molecule has 0 bridgehead atoms. The Hall–Kier alpha value is -0.200. The van der Waals surface area contributed by atoms with Crippen molar-refractivity contribution in [2.75, 3.05) is 0 Å². The van der Waals surface area contributed by atoms with Crippen molar-refractivity contribution in [2.45, 2.75) is 89.3 Å². The van der Waals surface area contributed by atoms with E-state index in [2.05, 4.69) is 32.0 Å². The van der Waals surface area contributed by atoms with Gasteiger partial charge in [0.15, 0.2) is 0 Å². The van der Waals surface area contributed by atoms with Crippen LogP contribution in [0.4, 0.5) is 0 Å². The highest BCUT2D eigenvalue weighted by molar-refractivity contribution is 6.44. The van der Waals surface area contributed by atoms with Gasteiger partial charge in [-0.05, 0) is 36.5 Å². The Bertz CT molecular complexity index is 399. The zero-order valence-corrected chi connectivity index (χ0v) is 15.9. The second-order valence-corrected chi connectivity index (χ2v) is 7.52. The van der Waals surface area contributed by atoms with Gasteiger partial charge in [-0.25, -0.2) is 0 Å². The van der Waals surface area contributed by atoms with Crippen LogP contribution in [0, 0.1) is 6.92 Å². The monoisotopic (exact) mass is 342 g/mol. The van der Waals surface area contributed by atoms with Crippen LogP contribution in [-0.4, -0.2) is 0 Å². The lowest BCUT2D eigenvalue weighted by molar-refractivity contribution is 0.556. The summed E-state index contributed by atoms with van der Waals surface area (Å²) in [6.45, 7) is 4.34. The minimum absolute atomic E-state index is 0.410. The highest BCUT2D eigenvalue weighted by Gasteiger charge is 2.07. The number of hydrogen-bond donors (Lipinski definition) is 0. The molecular weight excluding hydrogens is 311 g/mol. The lowest BCUT2D eigenvalue weighted by Crippen LogP contribution is -1.93. The Morgan fingerprint density at radius 3 is 1.91 bits per heavy atom. The summed E-state index contributed by atoms with van der Waals surface area (Å²) in [7, 11) is 0. The normalized spacial score (nSPS) is 11.3. The van der Waals surface area contributed by atoms with Crippen LogP contribution in [0.25, 0.3) is 0 Å². The van der Waals surface area contributed by atoms with Crippen molar-refractivity contribution in [2.24, 2.45) is 0 Å². The number of alkyl halides is 2. The third-order valence-electron chi connectivity index (χ3n) is 4.40. The van der Waals surface area contributed by atoms with Crippen molar-refractivity contribution in [1.82, 2.24) is 0 Å². The molecule has 1 aromatic carbocycles. The van der Waals surface area contributed by atoms with Gasteiger partial charge in [0.1, 0.15) is 4.84 Å². The first kappa shape index (κ1) is 19.8. The van der Waals surface area contributed by atoms with Gasteiger partial charge >= 0.3 is 0 Å². The molecule has 0 radical (unpaired) electrons. The molecule has 0 aliphatic heterocycles. The van der Waals surface area contributed by atoms with E-state index in [4.69, 9.17) is 23.2 Å². The topological polar surface area (TPSA) is 0 Å². The molecule has 0 amide bonds. The molecule has 0 unspecified atom stereocenters. The van der Waals surface area contributed by atoms with Crippen molar-refractivity contribution >= 4 is 23.2 Å². The molecule has 0 fully saturated rings. The third kappa shape index (κ3) is 8.44. The van der Waals surface area contributed by atoms with Crippen LogP contribution in [0.2, 0.25) is 0 Å².